The van der Waals surface area contributed by atoms with Gasteiger partial charge in [0.15, 0.2) is 0 Å². The predicted octanol–water partition coefficient (Wildman–Crippen LogP) is 3.14. The molecule has 0 atom stereocenters. The number of amides is 1. The number of hydrogen-bond donors (Lipinski definition) is 0. The van der Waals surface area contributed by atoms with Crippen molar-refractivity contribution in [3.63, 3.8) is 0 Å². The van der Waals surface area contributed by atoms with Gasteiger partial charge in [-0.25, -0.2) is 0 Å². The average molecular weight is 258 g/mol. The summed E-state index contributed by atoms with van der Waals surface area (Å²) in [7, 11) is 1.94. The molecule has 0 N–H and O–H groups in total. The zero-order valence-corrected chi connectivity index (χ0v) is 12.3. The third-order valence-corrected chi connectivity index (χ3v) is 5.71. The van der Waals surface area contributed by atoms with Gasteiger partial charge in [-0.05, 0) is 29.6 Å². The summed E-state index contributed by atoms with van der Waals surface area (Å²) in [4.78, 5) is 14.3. The predicted molar refractivity (Wildman–Crippen MR) is 71.1 cm³/mol. The van der Waals surface area contributed by atoms with Crippen molar-refractivity contribution in [2.45, 2.75) is 45.9 Å². The average Bonchev–Trinajstić information content (AvgIpc) is 2.54. The molecule has 2 aliphatic carbocycles. The van der Waals surface area contributed by atoms with Crippen molar-refractivity contribution in [3.8, 4) is 0 Å². The van der Waals surface area contributed by atoms with Crippen molar-refractivity contribution in [1.29, 1.82) is 0 Å². The van der Waals surface area contributed by atoms with Gasteiger partial charge in [-0.1, -0.05) is 27.7 Å². The van der Waals surface area contributed by atoms with Gasteiger partial charge < -0.3 is 4.90 Å². The number of rotatable bonds is 3. The topological polar surface area (TPSA) is 20.3 Å². The van der Waals surface area contributed by atoms with E-state index in [1.807, 2.05) is 11.9 Å². The lowest BCUT2D eigenvalue weighted by molar-refractivity contribution is -0.133. The lowest BCUT2D eigenvalue weighted by Crippen LogP contribution is -2.39. The van der Waals surface area contributed by atoms with E-state index in [-0.39, 0.29) is 16.7 Å². The first kappa shape index (κ1) is 13.2. The molecule has 0 saturated heterocycles. The summed E-state index contributed by atoms with van der Waals surface area (Å²) in [5, 5.41) is 0.345. The maximum Gasteiger partial charge on any atom is 0.226 e. The number of hydrogen-bond acceptors (Lipinski definition) is 1. The maximum absolute atomic E-state index is 12.4. The lowest BCUT2D eigenvalue weighted by atomic mass is 9.84. The Kier molecular flexibility index (Phi) is 3.01. The first-order valence-corrected chi connectivity index (χ1v) is 7.00. The molecule has 0 aromatic carbocycles. The second-order valence-corrected chi connectivity index (χ2v) is 7.65. The molecule has 0 heterocycles. The molecule has 2 saturated carbocycles. The van der Waals surface area contributed by atoms with Crippen LogP contribution >= 0.6 is 11.6 Å². The first-order chi connectivity index (χ1) is 7.68. The molecule has 0 spiro atoms. The third kappa shape index (κ3) is 1.99. The molecule has 2 nitrogen and oxygen atoms in total. The fourth-order valence-corrected chi connectivity index (χ4v) is 3.82. The Morgan fingerprint density at radius 1 is 1.24 bits per heavy atom. The Morgan fingerprint density at radius 3 is 2.06 bits per heavy atom. The molecule has 0 aromatic heterocycles. The standard InChI is InChI=1S/C14H24ClNO/c1-13(2)11(14(13,3)4)12(17)16(5)8-9-6-10(15)7-9/h9-11H,6-8H2,1-5H3. The quantitative estimate of drug-likeness (QED) is 0.712. The molecule has 0 unspecified atom stereocenters. The molecule has 3 heteroatoms. The van der Waals surface area contributed by atoms with Gasteiger partial charge in [-0.3, -0.25) is 4.79 Å². The normalized spacial score (nSPS) is 34.0. The van der Waals surface area contributed by atoms with Gasteiger partial charge in [0, 0.05) is 24.9 Å². The van der Waals surface area contributed by atoms with E-state index < -0.39 is 0 Å². The molecule has 98 valence electrons. The van der Waals surface area contributed by atoms with E-state index in [4.69, 9.17) is 11.6 Å². The SMILES string of the molecule is CN(CC1CC(Cl)C1)C(=O)C1C(C)(C)C1(C)C. The summed E-state index contributed by atoms with van der Waals surface area (Å²) in [6.45, 7) is 9.66. The molecule has 17 heavy (non-hydrogen) atoms. The van der Waals surface area contributed by atoms with Gasteiger partial charge in [-0.2, -0.15) is 0 Å². The molecular weight excluding hydrogens is 234 g/mol. The summed E-state index contributed by atoms with van der Waals surface area (Å²) in [6, 6.07) is 0. The van der Waals surface area contributed by atoms with E-state index in [1.54, 1.807) is 0 Å². The highest BCUT2D eigenvalue weighted by Crippen LogP contribution is 2.68. The van der Waals surface area contributed by atoms with Gasteiger partial charge in [0.05, 0.1) is 0 Å². The monoisotopic (exact) mass is 257 g/mol. The van der Waals surface area contributed by atoms with Crippen molar-refractivity contribution >= 4 is 17.5 Å². The zero-order valence-electron chi connectivity index (χ0n) is 11.6. The van der Waals surface area contributed by atoms with Crippen LogP contribution in [-0.4, -0.2) is 29.8 Å². The van der Waals surface area contributed by atoms with Crippen LogP contribution in [0.5, 0.6) is 0 Å². The second kappa shape index (κ2) is 3.88. The van der Waals surface area contributed by atoms with Crippen molar-refractivity contribution in [3.05, 3.63) is 0 Å². The molecule has 0 aromatic rings. The molecule has 2 aliphatic rings. The van der Waals surface area contributed by atoms with E-state index in [2.05, 4.69) is 27.7 Å². The number of carbonyl (C=O) groups excluding carboxylic acids is 1. The van der Waals surface area contributed by atoms with E-state index >= 15 is 0 Å². The van der Waals surface area contributed by atoms with Crippen molar-refractivity contribution in [2.75, 3.05) is 13.6 Å². The van der Waals surface area contributed by atoms with Crippen LogP contribution in [0.1, 0.15) is 40.5 Å². The Labute approximate surface area is 110 Å². The highest BCUT2D eigenvalue weighted by atomic mass is 35.5. The molecular formula is C14H24ClNO. The van der Waals surface area contributed by atoms with Gasteiger partial charge in [0.2, 0.25) is 5.91 Å². The fourth-order valence-electron chi connectivity index (χ4n) is 3.31. The Balaban J connectivity index is 1.89. The summed E-state index contributed by atoms with van der Waals surface area (Å²) < 4.78 is 0. The van der Waals surface area contributed by atoms with Gasteiger partial charge >= 0.3 is 0 Å². The second-order valence-electron chi connectivity index (χ2n) is 7.03. The first-order valence-electron chi connectivity index (χ1n) is 6.57. The van der Waals surface area contributed by atoms with Crippen LogP contribution < -0.4 is 0 Å². The Morgan fingerprint density at radius 2 is 1.71 bits per heavy atom. The number of carbonyl (C=O) groups is 1. The summed E-state index contributed by atoms with van der Waals surface area (Å²) in [5.74, 6) is 1.13. The number of nitrogens with zero attached hydrogens (tertiary/aromatic N) is 1. The van der Waals surface area contributed by atoms with E-state index in [1.165, 1.54) is 0 Å². The summed E-state index contributed by atoms with van der Waals surface area (Å²) in [6.07, 6.45) is 2.13. The third-order valence-electron chi connectivity index (χ3n) is 5.35. The molecule has 1 amide bonds. The van der Waals surface area contributed by atoms with E-state index in [0.717, 1.165) is 19.4 Å². The minimum absolute atomic E-state index is 0.146. The van der Waals surface area contributed by atoms with Gasteiger partial charge in [-0.15, -0.1) is 11.6 Å². The Bertz CT molecular complexity index is 317. The van der Waals surface area contributed by atoms with Crippen LogP contribution in [-0.2, 0) is 4.79 Å². The lowest BCUT2D eigenvalue weighted by Gasteiger charge is -2.34. The largest absolute Gasteiger partial charge is 0.345 e. The van der Waals surface area contributed by atoms with E-state index in [9.17, 15) is 4.79 Å². The molecule has 0 radical (unpaired) electrons. The minimum atomic E-state index is 0.146. The van der Waals surface area contributed by atoms with Crippen molar-refractivity contribution < 1.29 is 4.79 Å². The minimum Gasteiger partial charge on any atom is -0.345 e. The highest BCUT2D eigenvalue weighted by Gasteiger charge is 2.68. The van der Waals surface area contributed by atoms with Crippen LogP contribution in [0.15, 0.2) is 0 Å². The zero-order chi connectivity index (χ0) is 13.0. The highest BCUT2D eigenvalue weighted by molar-refractivity contribution is 6.21. The van der Waals surface area contributed by atoms with Crippen LogP contribution in [0.3, 0.4) is 0 Å². The molecule has 0 bridgehead atoms. The smallest absolute Gasteiger partial charge is 0.226 e. The number of halogens is 1. The maximum atomic E-state index is 12.4. The summed E-state index contributed by atoms with van der Waals surface area (Å²) in [5.41, 5.74) is 0.292. The molecule has 2 fully saturated rings. The van der Waals surface area contributed by atoms with E-state index in [0.29, 0.717) is 17.2 Å². The van der Waals surface area contributed by atoms with Crippen LogP contribution in [0.2, 0.25) is 0 Å². The Hall–Kier alpha value is -0.240. The molecule has 2 rings (SSSR count). The van der Waals surface area contributed by atoms with Gasteiger partial charge in [0.25, 0.3) is 0 Å². The summed E-state index contributed by atoms with van der Waals surface area (Å²) >= 11 is 5.97. The van der Waals surface area contributed by atoms with Crippen molar-refractivity contribution in [1.82, 2.24) is 4.90 Å². The van der Waals surface area contributed by atoms with Crippen LogP contribution in [0.25, 0.3) is 0 Å². The molecule has 0 aliphatic heterocycles. The van der Waals surface area contributed by atoms with Gasteiger partial charge in [0.1, 0.15) is 0 Å². The van der Waals surface area contributed by atoms with Crippen molar-refractivity contribution in [2.24, 2.45) is 22.7 Å². The van der Waals surface area contributed by atoms with Crippen LogP contribution in [0, 0.1) is 22.7 Å². The fraction of sp³-hybridized carbons (Fsp3) is 0.929. The number of alkyl halides is 1. The van der Waals surface area contributed by atoms with Crippen LogP contribution in [0.4, 0.5) is 0 Å².